The van der Waals surface area contributed by atoms with Gasteiger partial charge < -0.3 is 15.0 Å². The first kappa shape index (κ1) is 23.4. The van der Waals surface area contributed by atoms with Gasteiger partial charge in [-0.15, -0.1) is 0 Å². The Bertz CT molecular complexity index is 1200. The number of benzene rings is 3. The first-order valence-electron chi connectivity index (χ1n) is 11.3. The summed E-state index contributed by atoms with van der Waals surface area (Å²) in [6.45, 7) is 4.24. The highest BCUT2D eigenvalue weighted by atomic mass is 19.1. The van der Waals surface area contributed by atoms with Crippen LogP contribution in [0.5, 0.6) is 5.75 Å². The van der Waals surface area contributed by atoms with Crippen molar-refractivity contribution in [3.8, 4) is 5.75 Å². The van der Waals surface area contributed by atoms with Gasteiger partial charge in [-0.1, -0.05) is 44.2 Å². The molecule has 3 aromatic carbocycles. The van der Waals surface area contributed by atoms with Gasteiger partial charge in [-0.2, -0.15) is 0 Å². The van der Waals surface area contributed by atoms with Crippen LogP contribution in [0.4, 0.5) is 14.5 Å². The molecular formula is C27H26F2N2O3. The summed E-state index contributed by atoms with van der Waals surface area (Å²) in [5.41, 5.74) is 1.93. The first-order chi connectivity index (χ1) is 16.4. The minimum Gasteiger partial charge on any atom is -0.480 e. The summed E-state index contributed by atoms with van der Waals surface area (Å²) < 4.78 is 33.3. The van der Waals surface area contributed by atoms with Gasteiger partial charge in [0.15, 0.2) is 6.10 Å². The fourth-order valence-electron chi connectivity index (χ4n) is 4.25. The normalized spacial score (nSPS) is 16.3. The van der Waals surface area contributed by atoms with Crippen LogP contribution in [-0.2, 0) is 11.3 Å². The second-order valence-corrected chi connectivity index (χ2v) is 8.22. The molecule has 0 saturated heterocycles. The van der Waals surface area contributed by atoms with E-state index in [-0.39, 0.29) is 17.5 Å². The Morgan fingerprint density at radius 2 is 1.85 bits per heavy atom. The first-order valence-corrected chi connectivity index (χ1v) is 11.3. The average Bonchev–Trinajstić information content (AvgIpc) is 2.96. The van der Waals surface area contributed by atoms with Gasteiger partial charge >= 0.3 is 0 Å². The number of carbonyl (C=O) groups excluding carboxylic acids is 2. The summed E-state index contributed by atoms with van der Waals surface area (Å²) in [6, 6.07) is 17.6. The lowest BCUT2D eigenvalue weighted by molar-refractivity contribution is -0.141. The number of hydrogen-bond donors (Lipinski definition) is 1. The predicted octanol–water partition coefficient (Wildman–Crippen LogP) is 5.87. The highest BCUT2D eigenvalue weighted by Gasteiger charge is 2.34. The molecule has 1 heterocycles. The van der Waals surface area contributed by atoms with E-state index >= 15 is 0 Å². The van der Waals surface area contributed by atoms with Crippen molar-refractivity contribution in [2.24, 2.45) is 0 Å². The zero-order chi connectivity index (χ0) is 24.2. The second-order valence-electron chi connectivity index (χ2n) is 8.22. The van der Waals surface area contributed by atoms with Crippen LogP contribution in [0.3, 0.4) is 0 Å². The van der Waals surface area contributed by atoms with E-state index in [1.54, 1.807) is 18.2 Å². The lowest BCUT2D eigenvalue weighted by Gasteiger charge is -2.32. The summed E-state index contributed by atoms with van der Waals surface area (Å²) >= 11 is 0. The Balaban J connectivity index is 1.65. The minimum atomic E-state index is -0.938. The number of halogens is 2. The van der Waals surface area contributed by atoms with Crippen molar-refractivity contribution in [3.63, 3.8) is 0 Å². The maximum absolute atomic E-state index is 14.0. The topological polar surface area (TPSA) is 58.6 Å². The summed E-state index contributed by atoms with van der Waals surface area (Å²) in [5, 5.41) is 2.65. The maximum atomic E-state index is 14.0. The highest BCUT2D eigenvalue weighted by molar-refractivity contribution is 6.04. The summed E-state index contributed by atoms with van der Waals surface area (Å²) in [7, 11) is 0. The monoisotopic (exact) mass is 464 g/mol. The quantitative estimate of drug-likeness (QED) is 0.497. The van der Waals surface area contributed by atoms with Crippen molar-refractivity contribution in [3.05, 3.63) is 95.1 Å². The smallest absolute Gasteiger partial charge is 0.264 e. The molecule has 3 aromatic rings. The molecule has 4 rings (SSSR count). The van der Waals surface area contributed by atoms with Crippen LogP contribution >= 0.6 is 0 Å². The molecule has 0 aromatic heterocycles. The number of nitrogens with zero attached hydrogens (tertiary/aromatic N) is 1. The van der Waals surface area contributed by atoms with Crippen molar-refractivity contribution in [1.29, 1.82) is 0 Å². The van der Waals surface area contributed by atoms with Crippen molar-refractivity contribution >= 4 is 17.5 Å². The van der Waals surface area contributed by atoms with Gasteiger partial charge in [-0.3, -0.25) is 9.59 Å². The molecule has 2 atom stereocenters. The SMILES string of the molecule is CC[C@H]1Oc2ccc(NC(=O)c3ccc(F)cc3F)cc2CN([C@@H](CC)c2ccccc2)C1=O. The van der Waals surface area contributed by atoms with Crippen molar-refractivity contribution in [2.45, 2.75) is 45.4 Å². The van der Waals surface area contributed by atoms with E-state index in [2.05, 4.69) is 5.32 Å². The number of fused-ring (bicyclic) bond motifs is 1. The van der Waals surface area contributed by atoms with Crippen LogP contribution < -0.4 is 10.1 Å². The number of anilines is 1. The molecule has 0 unspecified atom stereocenters. The fraction of sp³-hybridized carbons (Fsp3) is 0.259. The minimum absolute atomic E-state index is 0.0895. The molecule has 0 saturated carbocycles. The van der Waals surface area contributed by atoms with Gasteiger partial charge in [0.1, 0.15) is 17.4 Å². The van der Waals surface area contributed by atoms with E-state index in [1.807, 2.05) is 49.1 Å². The van der Waals surface area contributed by atoms with Crippen molar-refractivity contribution < 1.29 is 23.1 Å². The van der Waals surface area contributed by atoms with Crippen LogP contribution in [0.15, 0.2) is 66.7 Å². The van der Waals surface area contributed by atoms with Crippen LogP contribution in [0, 0.1) is 11.6 Å². The van der Waals surface area contributed by atoms with Crippen molar-refractivity contribution in [2.75, 3.05) is 5.32 Å². The largest absolute Gasteiger partial charge is 0.480 e. The molecule has 5 nitrogen and oxygen atoms in total. The lowest BCUT2D eigenvalue weighted by atomic mass is 10.0. The Morgan fingerprint density at radius 3 is 2.53 bits per heavy atom. The van der Waals surface area contributed by atoms with E-state index in [4.69, 9.17) is 4.74 Å². The molecule has 7 heteroatoms. The van der Waals surface area contributed by atoms with E-state index in [9.17, 15) is 18.4 Å². The zero-order valence-corrected chi connectivity index (χ0v) is 19.1. The molecule has 0 spiro atoms. The van der Waals surface area contributed by atoms with Gasteiger partial charge in [0, 0.05) is 17.3 Å². The van der Waals surface area contributed by atoms with Crippen LogP contribution in [-0.4, -0.2) is 22.8 Å². The number of rotatable bonds is 6. The van der Waals surface area contributed by atoms with Gasteiger partial charge in [0.2, 0.25) is 0 Å². The summed E-state index contributed by atoms with van der Waals surface area (Å²) in [5.74, 6) is -1.91. The van der Waals surface area contributed by atoms with Gasteiger partial charge in [0.25, 0.3) is 11.8 Å². The van der Waals surface area contributed by atoms with Crippen LogP contribution in [0.1, 0.15) is 54.2 Å². The highest BCUT2D eigenvalue weighted by Crippen LogP contribution is 2.35. The van der Waals surface area contributed by atoms with E-state index < -0.39 is 23.6 Å². The second kappa shape index (κ2) is 10.0. The predicted molar refractivity (Wildman–Crippen MR) is 125 cm³/mol. The summed E-state index contributed by atoms with van der Waals surface area (Å²) in [4.78, 5) is 27.8. The third-order valence-electron chi connectivity index (χ3n) is 5.98. The lowest BCUT2D eigenvalue weighted by Crippen LogP contribution is -2.41. The molecular weight excluding hydrogens is 438 g/mol. The Kier molecular flexibility index (Phi) is 6.91. The number of hydrogen-bond acceptors (Lipinski definition) is 3. The zero-order valence-electron chi connectivity index (χ0n) is 19.1. The van der Waals surface area contributed by atoms with E-state index in [0.29, 0.717) is 30.5 Å². The molecule has 1 aliphatic rings. The van der Waals surface area contributed by atoms with Crippen molar-refractivity contribution in [1.82, 2.24) is 4.90 Å². The third kappa shape index (κ3) is 4.78. The molecule has 1 N–H and O–H groups in total. The number of nitrogens with one attached hydrogen (secondary N) is 1. The Hall–Kier alpha value is -3.74. The molecule has 176 valence electrons. The molecule has 1 aliphatic heterocycles. The van der Waals surface area contributed by atoms with Gasteiger partial charge in [0.05, 0.1) is 18.2 Å². The molecule has 0 aliphatic carbocycles. The molecule has 0 bridgehead atoms. The van der Waals surface area contributed by atoms with Crippen LogP contribution in [0.2, 0.25) is 0 Å². The maximum Gasteiger partial charge on any atom is 0.264 e. The third-order valence-corrected chi connectivity index (χ3v) is 5.98. The fourth-order valence-corrected chi connectivity index (χ4v) is 4.25. The number of ether oxygens (including phenoxy) is 1. The standard InChI is InChI=1S/C27H26F2N2O3/c1-3-23(17-8-6-5-7-9-17)31-16-18-14-20(11-13-25(18)34-24(4-2)27(31)33)30-26(32)21-12-10-19(28)15-22(21)29/h5-15,23-24H,3-4,16H2,1-2H3,(H,30,32)/t23-,24+/m0/s1. The number of carbonyl (C=O) groups is 2. The Morgan fingerprint density at radius 1 is 1.09 bits per heavy atom. The van der Waals surface area contributed by atoms with Gasteiger partial charge in [-0.25, -0.2) is 8.78 Å². The molecule has 0 fully saturated rings. The Labute approximate surface area is 197 Å². The molecule has 0 radical (unpaired) electrons. The average molecular weight is 465 g/mol. The van der Waals surface area contributed by atoms with Gasteiger partial charge in [-0.05, 0) is 48.7 Å². The molecule has 2 amide bonds. The summed E-state index contributed by atoms with van der Waals surface area (Å²) in [6.07, 6.45) is 0.622. The molecule has 34 heavy (non-hydrogen) atoms. The van der Waals surface area contributed by atoms with E-state index in [1.165, 1.54) is 0 Å². The number of amides is 2. The van der Waals surface area contributed by atoms with Crippen LogP contribution in [0.25, 0.3) is 0 Å². The van der Waals surface area contributed by atoms with E-state index in [0.717, 1.165) is 29.7 Å².